The number of thioether (sulfide) groups is 2. The van der Waals surface area contributed by atoms with Gasteiger partial charge in [-0.05, 0) is 36.1 Å². The Morgan fingerprint density at radius 1 is 0.839 bits per heavy atom. The molecule has 0 aliphatic rings. The van der Waals surface area contributed by atoms with Gasteiger partial charge in [-0.15, -0.1) is 11.8 Å². The van der Waals surface area contributed by atoms with Gasteiger partial charge in [0.2, 0.25) is 0 Å². The zero-order valence-electron chi connectivity index (χ0n) is 18.0. The van der Waals surface area contributed by atoms with Crippen molar-refractivity contribution in [1.29, 1.82) is 0 Å². The molecule has 2 nitrogen and oxygen atoms in total. The summed E-state index contributed by atoms with van der Waals surface area (Å²) in [4.78, 5) is 14.3. The quantitative estimate of drug-likeness (QED) is 0.215. The van der Waals surface area contributed by atoms with Crippen molar-refractivity contribution >= 4 is 28.6 Å². The summed E-state index contributed by atoms with van der Waals surface area (Å²) in [5.74, 6) is 0.725. The maximum atomic E-state index is 13.1. The second-order valence-electron chi connectivity index (χ2n) is 7.40. The van der Waals surface area contributed by atoms with Crippen LogP contribution < -0.4 is 0 Å². The van der Waals surface area contributed by atoms with Gasteiger partial charge >= 0.3 is 0 Å². The number of hydrogen-bond acceptors (Lipinski definition) is 4. The zero-order valence-corrected chi connectivity index (χ0v) is 19.6. The van der Waals surface area contributed by atoms with Gasteiger partial charge in [0.25, 0.3) is 0 Å². The van der Waals surface area contributed by atoms with Crippen molar-refractivity contribution in [2.24, 2.45) is 5.92 Å². The minimum Gasteiger partial charge on any atom is -0.377 e. The molecule has 0 amide bonds. The summed E-state index contributed by atoms with van der Waals surface area (Å²) in [6, 6.07) is 30.8. The summed E-state index contributed by atoms with van der Waals surface area (Å²) >= 11 is 3.25. The molecule has 0 radical (unpaired) electrons. The minimum absolute atomic E-state index is 0.000700. The van der Waals surface area contributed by atoms with E-state index in [4.69, 9.17) is 4.74 Å². The highest BCUT2D eigenvalue weighted by Crippen LogP contribution is 2.35. The third-order valence-electron chi connectivity index (χ3n) is 5.10. The fourth-order valence-corrected chi connectivity index (χ4v) is 5.89. The van der Waals surface area contributed by atoms with Gasteiger partial charge in [-0.3, -0.25) is 4.79 Å². The molecule has 0 saturated heterocycles. The fourth-order valence-electron chi connectivity index (χ4n) is 3.40. The largest absolute Gasteiger partial charge is 0.377 e. The van der Waals surface area contributed by atoms with Gasteiger partial charge in [-0.25, -0.2) is 0 Å². The number of carbonyl (C=O) groups excluding carboxylic acids is 1. The lowest BCUT2D eigenvalue weighted by molar-refractivity contribution is -0.114. The first-order valence-electron chi connectivity index (χ1n) is 10.8. The van der Waals surface area contributed by atoms with E-state index in [1.807, 2.05) is 42.5 Å². The van der Waals surface area contributed by atoms with E-state index >= 15 is 0 Å². The first kappa shape index (κ1) is 23.6. The Labute approximate surface area is 194 Å². The normalized spacial score (nSPS) is 12.9. The summed E-state index contributed by atoms with van der Waals surface area (Å²) in [5, 5.41) is 0.474. The molecule has 0 spiro atoms. The van der Waals surface area contributed by atoms with Gasteiger partial charge < -0.3 is 4.74 Å². The summed E-state index contributed by atoms with van der Waals surface area (Å²) in [6.45, 7) is 3.37. The van der Waals surface area contributed by atoms with Crippen LogP contribution in [0, 0.1) is 5.92 Å². The molecule has 4 heteroatoms. The summed E-state index contributed by atoms with van der Waals surface area (Å²) in [7, 11) is 0. The Bertz CT molecular complexity index is 885. The average molecular weight is 451 g/mol. The first-order valence-corrected chi connectivity index (χ1v) is 12.7. The molecule has 31 heavy (non-hydrogen) atoms. The number of ether oxygens (including phenoxy) is 1. The molecule has 0 aliphatic carbocycles. The molecule has 3 aromatic carbocycles. The van der Waals surface area contributed by atoms with Gasteiger partial charge in [-0.2, -0.15) is 0 Å². The smallest absolute Gasteiger partial charge is 0.193 e. The van der Waals surface area contributed by atoms with Crippen molar-refractivity contribution < 1.29 is 9.53 Å². The van der Waals surface area contributed by atoms with Crippen molar-refractivity contribution in [2.45, 2.75) is 42.3 Å². The standard InChI is InChI=1S/C27H30O2S2/c1-2-25(27(28)30-21-23-14-8-4-9-15-23)26(31-24-16-10-5-11-17-24)18-19-29-20-22-12-6-3-7-13-22/h3-17,25-26H,2,18-21H2,1H3/t25-,26+/m1/s1. The molecule has 2 atom stereocenters. The highest BCUT2D eigenvalue weighted by molar-refractivity contribution is 8.13. The molecule has 0 heterocycles. The van der Waals surface area contributed by atoms with Gasteiger partial charge in [0.15, 0.2) is 5.12 Å². The SMILES string of the molecule is CC[C@@H](C(=O)SCc1ccccc1)[C@H](CCOCc1ccccc1)Sc1ccccc1. The predicted molar refractivity (Wildman–Crippen MR) is 133 cm³/mol. The van der Waals surface area contributed by atoms with Gasteiger partial charge in [0, 0.05) is 28.4 Å². The van der Waals surface area contributed by atoms with E-state index < -0.39 is 0 Å². The third kappa shape index (κ3) is 8.21. The van der Waals surface area contributed by atoms with Crippen LogP contribution in [0.3, 0.4) is 0 Å². The monoisotopic (exact) mass is 450 g/mol. The van der Waals surface area contributed by atoms with Crippen LogP contribution in [0.2, 0.25) is 0 Å². The molecule has 0 aromatic heterocycles. The van der Waals surface area contributed by atoms with E-state index in [-0.39, 0.29) is 16.3 Å². The van der Waals surface area contributed by atoms with Crippen LogP contribution in [0.5, 0.6) is 0 Å². The van der Waals surface area contributed by atoms with Crippen LogP contribution in [-0.2, 0) is 21.9 Å². The Hall–Kier alpha value is -2.01. The molecular formula is C27H30O2S2. The fraction of sp³-hybridized carbons (Fsp3) is 0.296. The van der Waals surface area contributed by atoms with E-state index in [2.05, 4.69) is 55.5 Å². The Morgan fingerprint density at radius 3 is 2.03 bits per heavy atom. The van der Waals surface area contributed by atoms with Crippen LogP contribution in [0.15, 0.2) is 95.9 Å². The number of benzene rings is 3. The van der Waals surface area contributed by atoms with Crippen LogP contribution in [0.1, 0.15) is 30.9 Å². The van der Waals surface area contributed by atoms with E-state index in [0.717, 1.165) is 18.6 Å². The molecule has 0 N–H and O–H groups in total. The second-order valence-corrected chi connectivity index (χ2v) is 9.70. The Kier molecular flexibility index (Phi) is 10.2. The van der Waals surface area contributed by atoms with Crippen LogP contribution in [0.25, 0.3) is 0 Å². The molecule has 162 valence electrons. The maximum absolute atomic E-state index is 13.1. The van der Waals surface area contributed by atoms with Crippen LogP contribution >= 0.6 is 23.5 Å². The molecular weight excluding hydrogens is 420 g/mol. The lowest BCUT2D eigenvalue weighted by atomic mass is 10.0. The average Bonchev–Trinajstić information content (AvgIpc) is 2.83. The first-order chi connectivity index (χ1) is 15.3. The van der Waals surface area contributed by atoms with Crippen molar-refractivity contribution in [3.05, 3.63) is 102 Å². The van der Waals surface area contributed by atoms with Gasteiger partial charge in [0.1, 0.15) is 0 Å². The highest BCUT2D eigenvalue weighted by Gasteiger charge is 2.28. The predicted octanol–water partition coefficient (Wildman–Crippen LogP) is 7.24. The third-order valence-corrected chi connectivity index (χ3v) is 7.58. The Balaban J connectivity index is 1.60. The van der Waals surface area contributed by atoms with Crippen LogP contribution in [-0.4, -0.2) is 17.0 Å². The Morgan fingerprint density at radius 2 is 1.42 bits per heavy atom. The maximum Gasteiger partial charge on any atom is 0.193 e. The van der Waals surface area contributed by atoms with Crippen molar-refractivity contribution in [2.75, 3.05) is 6.61 Å². The van der Waals surface area contributed by atoms with E-state index in [0.29, 0.717) is 13.2 Å². The van der Waals surface area contributed by atoms with Crippen molar-refractivity contribution in [3.8, 4) is 0 Å². The van der Waals surface area contributed by atoms with Gasteiger partial charge in [-0.1, -0.05) is 97.5 Å². The highest BCUT2D eigenvalue weighted by atomic mass is 32.2. The molecule has 3 aromatic rings. The molecule has 3 rings (SSSR count). The molecule has 0 aliphatic heterocycles. The zero-order chi connectivity index (χ0) is 21.7. The van der Waals surface area contributed by atoms with E-state index in [1.54, 1.807) is 11.8 Å². The molecule has 0 unspecified atom stereocenters. The summed E-state index contributed by atoms with van der Waals surface area (Å²) in [5.41, 5.74) is 2.37. The lowest BCUT2D eigenvalue weighted by Gasteiger charge is -2.25. The minimum atomic E-state index is -0.000700. The topological polar surface area (TPSA) is 26.3 Å². The van der Waals surface area contributed by atoms with E-state index in [1.165, 1.54) is 27.8 Å². The summed E-state index contributed by atoms with van der Waals surface area (Å²) < 4.78 is 5.96. The molecule has 0 bridgehead atoms. The second kappa shape index (κ2) is 13.4. The van der Waals surface area contributed by atoms with Crippen LogP contribution in [0.4, 0.5) is 0 Å². The lowest BCUT2D eigenvalue weighted by Crippen LogP contribution is -2.25. The number of carbonyl (C=O) groups is 1. The molecule has 0 fully saturated rings. The van der Waals surface area contributed by atoms with E-state index in [9.17, 15) is 4.79 Å². The molecule has 0 saturated carbocycles. The van der Waals surface area contributed by atoms with Gasteiger partial charge in [0.05, 0.1) is 6.61 Å². The number of rotatable bonds is 12. The number of hydrogen-bond donors (Lipinski definition) is 0. The van der Waals surface area contributed by atoms with Crippen molar-refractivity contribution in [3.63, 3.8) is 0 Å². The summed E-state index contributed by atoms with van der Waals surface area (Å²) in [6.07, 6.45) is 1.69. The van der Waals surface area contributed by atoms with Crippen molar-refractivity contribution in [1.82, 2.24) is 0 Å².